The van der Waals surface area contributed by atoms with Gasteiger partial charge in [-0.3, -0.25) is 14.4 Å². The van der Waals surface area contributed by atoms with Crippen LogP contribution in [0.4, 0.5) is 0 Å². The van der Waals surface area contributed by atoms with Crippen molar-refractivity contribution in [3.8, 4) is 5.75 Å². The third kappa shape index (κ3) is 4.07. The monoisotopic (exact) mass is 363 g/mol. The molecule has 0 saturated carbocycles. The van der Waals surface area contributed by atoms with Gasteiger partial charge in [-0.1, -0.05) is 0 Å². The maximum Gasteiger partial charge on any atom is 0.293 e. The van der Waals surface area contributed by atoms with Crippen LogP contribution in [0.1, 0.15) is 12.8 Å². The Morgan fingerprint density at radius 3 is 2.73 bits per heavy atom. The second-order valence-electron chi connectivity index (χ2n) is 6.63. The van der Waals surface area contributed by atoms with Crippen LogP contribution in [-0.4, -0.2) is 72.7 Å². The summed E-state index contributed by atoms with van der Waals surface area (Å²) < 4.78 is 11.6. The van der Waals surface area contributed by atoms with Gasteiger partial charge in [0.25, 0.3) is 5.56 Å². The van der Waals surface area contributed by atoms with Crippen molar-refractivity contribution in [2.45, 2.75) is 19.4 Å². The van der Waals surface area contributed by atoms with Gasteiger partial charge in [0.15, 0.2) is 5.75 Å². The topological polar surface area (TPSA) is 81.1 Å². The molecule has 1 aromatic heterocycles. The van der Waals surface area contributed by atoms with Crippen molar-refractivity contribution >= 4 is 11.8 Å². The van der Waals surface area contributed by atoms with E-state index in [0.717, 1.165) is 12.8 Å². The van der Waals surface area contributed by atoms with Gasteiger partial charge < -0.3 is 23.8 Å². The minimum absolute atomic E-state index is 0.0471. The average molecular weight is 363 g/mol. The Labute approximate surface area is 152 Å². The zero-order valence-electron chi connectivity index (χ0n) is 15.1. The molecule has 26 heavy (non-hydrogen) atoms. The van der Waals surface area contributed by atoms with Crippen LogP contribution >= 0.6 is 0 Å². The van der Waals surface area contributed by atoms with Gasteiger partial charge in [0, 0.05) is 32.4 Å². The molecule has 0 aliphatic carbocycles. The summed E-state index contributed by atoms with van der Waals surface area (Å²) in [6, 6.07) is 3.25. The van der Waals surface area contributed by atoms with Gasteiger partial charge in [-0.25, -0.2) is 0 Å². The Balaban J connectivity index is 1.63. The van der Waals surface area contributed by atoms with Crippen molar-refractivity contribution in [3.05, 3.63) is 28.7 Å². The Morgan fingerprint density at radius 2 is 2.00 bits per heavy atom. The molecule has 0 N–H and O–H groups in total. The molecule has 0 radical (unpaired) electrons. The lowest BCUT2D eigenvalue weighted by Crippen LogP contribution is -2.50. The highest BCUT2D eigenvalue weighted by molar-refractivity contribution is 5.81. The predicted molar refractivity (Wildman–Crippen MR) is 94.0 cm³/mol. The first-order valence-corrected chi connectivity index (χ1v) is 8.98. The Hall–Kier alpha value is -2.35. The molecule has 2 amide bonds. The molecule has 8 nitrogen and oxygen atoms in total. The van der Waals surface area contributed by atoms with Crippen molar-refractivity contribution in [1.82, 2.24) is 14.4 Å². The lowest BCUT2D eigenvalue weighted by atomic mass is 9.96. The lowest BCUT2D eigenvalue weighted by Gasteiger charge is -2.36. The zero-order valence-corrected chi connectivity index (χ0v) is 15.1. The number of carbonyl (C=O) groups excluding carboxylic acids is 2. The second-order valence-corrected chi connectivity index (χ2v) is 6.63. The molecule has 142 valence electrons. The predicted octanol–water partition coefficient (Wildman–Crippen LogP) is -0.0457. The summed E-state index contributed by atoms with van der Waals surface area (Å²) in [5.41, 5.74) is -0.332. The fraction of sp³-hybridized carbons (Fsp3) is 0.611. The molecule has 3 rings (SSSR count). The Morgan fingerprint density at radius 1 is 1.23 bits per heavy atom. The summed E-state index contributed by atoms with van der Waals surface area (Å²) in [7, 11) is 1.43. The second kappa shape index (κ2) is 8.35. The number of nitrogens with zero attached hydrogens (tertiary/aromatic N) is 3. The third-order valence-corrected chi connectivity index (χ3v) is 4.96. The molecule has 0 bridgehead atoms. The van der Waals surface area contributed by atoms with Gasteiger partial charge in [-0.15, -0.1) is 0 Å². The molecule has 2 aliphatic rings. The van der Waals surface area contributed by atoms with E-state index in [1.165, 1.54) is 11.7 Å². The maximum absolute atomic E-state index is 12.7. The van der Waals surface area contributed by atoms with E-state index in [0.29, 0.717) is 39.4 Å². The molecular formula is C18H25N3O5. The number of hydrogen-bond donors (Lipinski definition) is 0. The van der Waals surface area contributed by atoms with Crippen molar-refractivity contribution in [2.24, 2.45) is 5.92 Å². The number of ether oxygens (including phenoxy) is 2. The minimum atomic E-state index is -0.332. The van der Waals surface area contributed by atoms with E-state index in [1.807, 2.05) is 4.90 Å². The molecular weight excluding hydrogens is 338 g/mol. The van der Waals surface area contributed by atoms with E-state index >= 15 is 0 Å². The van der Waals surface area contributed by atoms with Crippen LogP contribution in [0, 0.1) is 5.92 Å². The summed E-state index contributed by atoms with van der Waals surface area (Å²) >= 11 is 0. The first-order valence-electron chi connectivity index (χ1n) is 8.98. The van der Waals surface area contributed by atoms with Crippen LogP contribution in [-0.2, 0) is 20.9 Å². The van der Waals surface area contributed by atoms with Crippen molar-refractivity contribution in [1.29, 1.82) is 0 Å². The summed E-state index contributed by atoms with van der Waals surface area (Å²) in [6.45, 7) is 3.34. The standard InChI is InChI=1S/C18H25N3O5/c1-25-15-5-3-7-21(18(15)24)13-16(22)20-6-2-4-14(12-20)17(23)19-8-10-26-11-9-19/h3,5,7,14H,2,4,6,8-13H2,1H3/t14-/m1/s1. The quantitative estimate of drug-likeness (QED) is 0.750. The highest BCUT2D eigenvalue weighted by Crippen LogP contribution is 2.20. The first-order chi connectivity index (χ1) is 12.6. The molecule has 2 saturated heterocycles. The van der Waals surface area contributed by atoms with Gasteiger partial charge in [-0.2, -0.15) is 0 Å². The highest BCUT2D eigenvalue weighted by atomic mass is 16.5. The third-order valence-electron chi connectivity index (χ3n) is 4.96. The largest absolute Gasteiger partial charge is 0.491 e. The van der Waals surface area contributed by atoms with E-state index in [4.69, 9.17) is 9.47 Å². The number of piperidine rings is 1. The van der Waals surface area contributed by atoms with E-state index in [9.17, 15) is 14.4 Å². The van der Waals surface area contributed by atoms with Gasteiger partial charge in [0.2, 0.25) is 11.8 Å². The number of rotatable bonds is 4. The van der Waals surface area contributed by atoms with Crippen LogP contribution in [0.15, 0.2) is 23.1 Å². The average Bonchev–Trinajstić information content (AvgIpc) is 2.69. The summed E-state index contributed by atoms with van der Waals surface area (Å²) in [6.07, 6.45) is 3.15. The highest BCUT2D eigenvalue weighted by Gasteiger charge is 2.31. The summed E-state index contributed by atoms with van der Waals surface area (Å²) in [4.78, 5) is 41.0. The van der Waals surface area contributed by atoms with E-state index in [2.05, 4.69) is 0 Å². The zero-order chi connectivity index (χ0) is 18.5. The van der Waals surface area contributed by atoms with Crippen molar-refractivity contribution in [2.75, 3.05) is 46.5 Å². The maximum atomic E-state index is 12.7. The van der Waals surface area contributed by atoms with Crippen LogP contribution in [0.5, 0.6) is 5.75 Å². The summed E-state index contributed by atoms with van der Waals surface area (Å²) in [5, 5.41) is 0. The number of pyridine rings is 1. The number of methoxy groups -OCH3 is 1. The fourth-order valence-corrected chi connectivity index (χ4v) is 3.49. The number of likely N-dealkylation sites (tertiary alicyclic amines) is 1. The normalized spacial score (nSPS) is 20.7. The van der Waals surface area contributed by atoms with Crippen LogP contribution < -0.4 is 10.3 Å². The first kappa shape index (κ1) is 18.4. The van der Waals surface area contributed by atoms with E-state index in [-0.39, 0.29) is 35.6 Å². The SMILES string of the molecule is COc1cccn(CC(=O)N2CCC[C@@H](C(=O)N3CCOCC3)C2)c1=O. The van der Waals surface area contributed by atoms with Gasteiger partial charge in [0.1, 0.15) is 6.54 Å². The number of amides is 2. The lowest BCUT2D eigenvalue weighted by molar-refractivity contribution is -0.144. The molecule has 2 aliphatic heterocycles. The van der Waals surface area contributed by atoms with E-state index < -0.39 is 0 Å². The minimum Gasteiger partial charge on any atom is -0.491 e. The fourth-order valence-electron chi connectivity index (χ4n) is 3.49. The number of carbonyl (C=O) groups is 2. The van der Waals surface area contributed by atoms with Crippen molar-refractivity contribution in [3.63, 3.8) is 0 Å². The molecule has 8 heteroatoms. The molecule has 0 spiro atoms. The molecule has 2 fully saturated rings. The summed E-state index contributed by atoms with van der Waals surface area (Å²) in [5.74, 6) is -0.0173. The van der Waals surface area contributed by atoms with Crippen LogP contribution in [0.25, 0.3) is 0 Å². The van der Waals surface area contributed by atoms with Crippen LogP contribution in [0.2, 0.25) is 0 Å². The number of morpholine rings is 1. The van der Waals surface area contributed by atoms with Crippen molar-refractivity contribution < 1.29 is 19.1 Å². The molecule has 1 aromatic rings. The molecule has 0 unspecified atom stereocenters. The number of aromatic nitrogens is 1. The molecule has 1 atom stereocenters. The van der Waals surface area contributed by atoms with Gasteiger partial charge >= 0.3 is 0 Å². The van der Waals surface area contributed by atoms with Gasteiger partial charge in [0.05, 0.1) is 26.2 Å². The Bertz CT molecular complexity index is 711. The van der Waals surface area contributed by atoms with Crippen LogP contribution in [0.3, 0.4) is 0 Å². The number of hydrogen-bond acceptors (Lipinski definition) is 5. The van der Waals surface area contributed by atoms with Gasteiger partial charge in [-0.05, 0) is 25.0 Å². The smallest absolute Gasteiger partial charge is 0.293 e. The molecule has 0 aromatic carbocycles. The molecule has 3 heterocycles. The Kier molecular flexibility index (Phi) is 5.92. The van der Waals surface area contributed by atoms with E-state index in [1.54, 1.807) is 23.2 Å².